The Morgan fingerprint density at radius 1 is 1.24 bits per heavy atom. The lowest BCUT2D eigenvalue weighted by Crippen LogP contribution is -2.46. The number of amides is 2. The van der Waals surface area contributed by atoms with Crippen LogP contribution in [0.5, 0.6) is 0 Å². The predicted molar refractivity (Wildman–Crippen MR) is 99.7 cm³/mol. The summed E-state index contributed by atoms with van der Waals surface area (Å²) in [4.78, 5) is 24.2. The minimum Gasteiger partial charge on any atom is -0.353 e. The number of nitrogens with zero attached hydrogens (tertiary/aromatic N) is 1. The minimum absolute atomic E-state index is 0.00258. The number of piperidine rings is 1. The second kappa shape index (κ2) is 9.31. The molecule has 0 aromatic heterocycles. The summed E-state index contributed by atoms with van der Waals surface area (Å²) in [6.07, 6.45) is -3.73. The number of halogens is 4. The van der Waals surface area contributed by atoms with Crippen LogP contribution in [0.2, 0.25) is 5.02 Å². The molecule has 1 aromatic rings. The van der Waals surface area contributed by atoms with Gasteiger partial charge < -0.3 is 10.2 Å². The lowest BCUT2D eigenvalue weighted by molar-refractivity contribution is -0.137. The number of alkyl halides is 3. The zero-order valence-electron chi connectivity index (χ0n) is 15.6. The summed E-state index contributed by atoms with van der Waals surface area (Å²) in [7, 11) is -4.24. The average Bonchev–Trinajstić information content (AvgIpc) is 2.60. The fourth-order valence-electron chi connectivity index (χ4n) is 2.98. The summed E-state index contributed by atoms with van der Waals surface area (Å²) >= 11 is 5.49. The maximum absolute atomic E-state index is 12.9. The van der Waals surface area contributed by atoms with Gasteiger partial charge >= 0.3 is 6.18 Å². The van der Waals surface area contributed by atoms with Crippen molar-refractivity contribution in [3.05, 3.63) is 28.8 Å². The Balaban J connectivity index is 1.90. The number of sulfonamides is 1. The molecule has 1 aromatic carbocycles. The molecule has 0 saturated carbocycles. The Bertz CT molecular complexity index is 869. The van der Waals surface area contributed by atoms with Gasteiger partial charge in [-0.15, -0.1) is 0 Å². The van der Waals surface area contributed by atoms with Crippen molar-refractivity contribution in [2.24, 2.45) is 0 Å². The maximum Gasteiger partial charge on any atom is 0.417 e. The molecule has 1 aliphatic rings. The highest BCUT2D eigenvalue weighted by atomic mass is 35.5. The van der Waals surface area contributed by atoms with Crippen LogP contribution in [0.15, 0.2) is 23.1 Å². The second-order valence-corrected chi connectivity index (χ2v) is 8.82. The molecule has 2 N–H and O–H groups in total. The van der Waals surface area contributed by atoms with E-state index in [0.29, 0.717) is 32.0 Å². The van der Waals surface area contributed by atoms with E-state index in [2.05, 4.69) is 10.0 Å². The van der Waals surface area contributed by atoms with E-state index in [0.717, 1.165) is 12.1 Å². The number of carbonyl (C=O) groups is 2. The van der Waals surface area contributed by atoms with Crippen LogP contribution >= 0.6 is 11.6 Å². The first-order chi connectivity index (χ1) is 13.4. The molecule has 0 unspecified atom stereocenters. The monoisotopic (exact) mass is 455 g/mol. The van der Waals surface area contributed by atoms with Crippen molar-refractivity contribution < 1.29 is 31.2 Å². The fraction of sp³-hybridized carbons (Fsp3) is 0.529. The molecular weight excluding hydrogens is 435 g/mol. The SMILES string of the molecule is CC(=O)NC1CCN(C(=O)CCNS(=O)(=O)c2ccc(Cl)c(C(F)(F)F)c2)CC1. The standard InChI is InChI=1S/C17H21ClF3N3O4S/c1-11(25)23-12-5-8-24(9-6-12)16(26)4-7-22-29(27,28)13-2-3-15(18)14(10-13)17(19,20)21/h2-3,10,12,22H,4-9H2,1H3,(H,23,25). The van der Waals surface area contributed by atoms with E-state index in [1.165, 1.54) is 6.92 Å². The molecule has 2 amide bonds. The van der Waals surface area contributed by atoms with Gasteiger partial charge in [0, 0.05) is 39.0 Å². The second-order valence-electron chi connectivity index (χ2n) is 6.64. The van der Waals surface area contributed by atoms with Gasteiger partial charge in [0.1, 0.15) is 0 Å². The van der Waals surface area contributed by atoms with E-state index in [-0.39, 0.29) is 30.8 Å². The molecule has 0 atom stereocenters. The largest absolute Gasteiger partial charge is 0.417 e. The smallest absolute Gasteiger partial charge is 0.353 e. The third kappa shape index (κ3) is 6.58. The third-order valence-electron chi connectivity index (χ3n) is 4.44. The average molecular weight is 456 g/mol. The molecular formula is C17H21ClF3N3O4S. The lowest BCUT2D eigenvalue weighted by Gasteiger charge is -2.32. The molecule has 0 radical (unpaired) electrons. The molecule has 7 nitrogen and oxygen atoms in total. The van der Waals surface area contributed by atoms with Gasteiger partial charge in [0.05, 0.1) is 15.5 Å². The van der Waals surface area contributed by atoms with Gasteiger partial charge in [-0.2, -0.15) is 13.2 Å². The summed E-state index contributed by atoms with van der Waals surface area (Å²) in [5.41, 5.74) is -1.25. The van der Waals surface area contributed by atoms with Gasteiger partial charge in [-0.1, -0.05) is 11.6 Å². The van der Waals surface area contributed by atoms with Crippen LogP contribution < -0.4 is 10.0 Å². The zero-order valence-corrected chi connectivity index (χ0v) is 17.1. The van der Waals surface area contributed by atoms with Gasteiger partial charge in [-0.25, -0.2) is 13.1 Å². The molecule has 0 spiro atoms. The van der Waals surface area contributed by atoms with Crippen LogP contribution in [0.25, 0.3) is 0 Å². The number of carbonyl (C=O) groups excluding carboxylic acids is 2. The molecule has 12 heteroatoms. The number of nitrogens with one attached hydrogen (secondary N) is 2. The highest BCUT2D eigenvalue weighted by Gasteiger charge is 2.34. The Morgan fingerprint density at radius 2 is 1.86 bits per heavy atom. The summed E-state index contributed by atoms with van der Waals surface area (Å²) in [5.74, 6) is -0.416. The van der Waals surface area contributed by atoms with Crippen molar-refractivity contribution in [3.8, 4) is 0 Å². The van der Waals surface area contributed by atoms with E-state index in [4.69, 9.17) is 11.6 Å². The van der Waals surface area contributed by atoms with Gasteiger partial charge in [-0.05, 0) is 31.0 Å². The van der Waals surface area contributed by atoms with Crippen molar-refractivity contribution >= 4 is 33.4 Å². The van der Waals surface area contributed by atoms with Crippen LogP contribution in [0, 0.1) is 0 Å². The predicted octanol–water partition coefficient (Wildman–Crippen LogP) is 2.15. The first-order valence-electron chi connectivity index (χ1n) is 8.81. The topological polar surface area (TPSA) is 95.6 Å². The molecule has 1 saturated heterocycles. The van der Waals surface area contributed by atoms with Crippen LogP contribution in [-0.4, -0.2) is 50.8 Å². The van der Waals surface area contributed by atoms with Crippen molar-refractivity contribution in [2.75, 3.05) is 19.6 Å². The van der Waals surface area contributed by atoms with Crippen LogP contribution in [0.3, 0.4) is 0 Å². The summed E-state index contributed by atoms with van der Waals surface area (Å²) < 4.78 is 65.3. The minimum atomic E-state index is -4.79. The number of hydrogen-bond acceptors (Lipinski definition) is 4. The first kappa shape index (κ1) is 23.4. The number of likely N-dealkylation sites (tertiary alicyclic amines) is 1. The van der Waals surface area contributed by atoms with Crippen LogP contribution in [-0.2, 0) is 25.8 Å². The van der Waals surface area contributed by atoms with Crippen LogP contribution in [0.1, 0.15) is 31.7 Å². The molecule has 0 aliphatic carbocycles. The molecule has 1 fully saturated rings. The third-order valence-corrected chi connectivity index (χ3v) is 6.23. The van der Waals surface area contributed by atoms with Gasteiger partial charge in [-0.3, -0.25) is 9.59 Å². The molecule has 0 bridgehead atoms. The van der Waals surface area contributed by atoms with E-state index in [1.807, 2.05) is 0 Å². The molecule has 1 aliphatic heterocycles. The van der Waals surface area contributed by atoms with Gasteiger partial charge in [0.2, 0.25) is 21.8 Å². The van der Waals surface area contributed by atoms with Gasteiger partial charge in [0.25, 0.3) is 0 Å². The molecule has 162 valence electrons. The molecule has 1 heterocycles. The Hall–Kier alpha value is -1.85. The maximum atomic E-state index is 12.9. The van der Waals surface area contributed by atoms with Crippen molar-refractivity contribution in [2.45, 2.75) is 43.3 Å². The Morgan fingerprint density at radius 3 is 2.41 bits per heavy atom. The quantitative estimate of drug-likeness (QED) is 0.687. The zero-order chi connectivity index (χ0) is 21.8. The van der Waals surface area contributed by atoms with Gasteiger partial charge in [0.15, 0.2) is 0 Å². The van der Waals surface area contributed by atoms with E-state index < -0.39 is 31.7 Å². The number of hydrogen-bond donors (Lipinski definition) is 2. The normalized spacial score (nSPS) is 16.0. The summed E-state index contributed by atoms with van der Waals surface area (Å²) in [5, 5.41) is 2.18. The summed E-state index contributed by atoms with van der Waals surface area (Å²) in [6.45, 7) is 2.03. The van der Waals surface area contributed by atoms with E-state index >= 15 is 0 Å². The Kier molecular flexibility index (Phi) is 7.52. The van der Waals surface area contributed by atoms with Crippen molar-refractivity contribution in [3.63, 3.8) is 0 Å². The van der Waals surface area contributed by atoms with Crippen molar-refractivity contribution in [1.29, 1.82) is 0 Å². The lowest BCUT2D eigenvalue weighted by atomic mass is 10.0. The van der Waals surface area contributed by atoms with Crippen molar-refractivity contribution in [1.82, 2.24) is 14.9 Å². The van der Waals surface area contributed by atoms with Crippen LogP contribution in [0.4, 0.5) is 13.2 Å². The number of benzene rings is 1. The first-order valence-corrected chi connectivity index (χ1v) is 10.7. The Labute approximate surface area is 171 Å². The highest BCUT2D eigenvalue weighted by Crippen LogP contribution is 2.35. The molecule has 2 rings (SSSR count). The fourth-order valence-corrected chi connectivity index (χ4v) is 4.27. The molecule has 29 heavy (non-hydrogen) atoms. The summed E-state index contributed by atoms with van der Waals surface area (Å²) in [6, 6.07) is 2.29. The van der Waals surface area contributed by atoms with E-state index in [9.17, 15) is 31.2 Å². The highest BCUT2D eigenvalue weighted by molar-refractivity contribution is 7.89. The van der Waals surface area contributed by atoms with E-state index in [1.54, 1.807) is 4.90 Å². The number of rotatable bonds is 6.